The van der Waals surface area contributed by atoms with Crippen LogP contribution in [0.25, 0.3) is 11.1 Å². The molecule has 2 aromatic rings. The van der Waals surface area contributed by atoms with E-state index in [1.165, 1.54) is 11.1 Å². The molecule has 0 saturated heterocycles. The summed E-state index contributed by atoms with van der Waals surface area (Å²) in [6.45, 7) is 2.12. The Bertz CT molecular complexity index is 508. The molecule has 0 radical (unpaired) electrons. The second-order valence-electron chi connectivity index (χ2n) is 4.67. The van der Waals surface area contributed by atoms with E-state index in [1.54, 1.807) is 6.07 Å². The molecule has 2 rings (SSSR count). The van der Waals surface area contributed by atoms with Crippen LogP contribution in [0.4, 0.5) is 0 Å². The van der Waals surface area contributed by atoms with Gasteiger partial charge in [0.15, 0.2) is 0 Å². The van der Waals surface area contributed by atoms with Gasteiger partial charge in [0.05, 0.1) is 0 Å². The summed E-state index contributed by atoms with van der Waals surface area (Å²) < 4.78 is 0. The first-order valence-electron chi connectivity index (χ1n) is 6.14. The van der Waals surface area contributed by atoms with Gasteiger partial charge in [0, 0.05) is 5.88 Å². The third-order valence-electron chi connectivity index (χ3n) is 3.01. The summed E-state index contributed by atoms with van der Waals surface area (Å²) in [5.74, 6) is 1.34. The molecular formula is C16H17ClO. The monoisotopic (exact) mass is 260 g/mol. The van der Waals surface area contributed by atoms with Gasteiger partial charge in [-0.2, -0.15) is 0 Å². The summed E-state index contributed by atoms with van der Waals surface area (Å²) >= 11 is 5.88. The molecule has 0 aromatic heterocycles. The zero-order valence-electron chi connectivity index (χ0n) is 10.4. The van der Waals surface area contributed by atoms with E-state index in [4.69, 9.17) is 11.6 Å². The summed E-state index contributed by atoms with van der Waals surface area (Å²) in [5, 5.41) is 9.64. The fraction of sp³-hybridized carbons (Fsp3) is 0.250. The topological polar surface area (TPSA) is 20.2 Å². The zero-order valence-corrected chi connectivity index (χ0v) is 11.2. The van der Waals surface area contributed by atoms with Crippen LogP contribution in [0.15, 0.2) is 48.5 Å². The predicted octanol–water partition coefficient (Wildman–Crippen LogP) is 4.48. The predicted molar refractivity (Wildman–Crippen MR) is 77.1 cm³/mol. The first-order chi connectivity index (χ1) is 8.70. The maximum absolute atomic E-state index is 9.64. The Balaban J connectivity index is 2.41. The molecule has 1 nitrogen and oxygen atoms in total. The highest BCUT2D eigenvalue weighted by Gasteiger charge is 2.09. The van der Waals surface area contributed by atoms with Gasteiger partial charge in [-0.1, -0.05) is 43.3 Å². The fourth-order valence-electron chi connectivity index (χ4n) is 2.08. The van der Waals surface area contributed by atoms with Crippen molar-refractivity contribution in [3.05, 3.63) is 54.1 Å². The van der Waals surface area contributed by atoms with E-state index in [1.807, 2.05) is 30.3 Å². The summed E-state index contributed by atoms with van der Waals surface area (Å²) in [4.78, 5) is 0. The van der Waals surface area contributed by atoms with E-state index in [0.717, 1.165) is 12.0 Å². The molecule has 18 heavy (non-hydrogen) atoms. The molecule has 1 unspecified atom stereocenters. The second kappa shape index (κ2) is 5.92. The van der Waals surface area contributed by atoms with Crippen molar-refractivity contribution in [3.63, 3.8) is 0 Å². The van der Waals surface area contributed by atoms with Gasteiger partial charge in [0.1, 0.15) is 5.75 Å². The molecule has 2 heteroatoms. The van der Waals surface area contributed by atoms with E-state index in [0.29, 0.717) is 17.5 Å². The van der Waals surface area contributed by atoms with Crippen LogP contribution < -0.4 is 0 Å². The lowest BCUT2D eigenvalue weighted by molar-refractivity contribution is 0.474. The van der Waals surface area contributed by atoms with Crippen LogP contribution >= 0.6 is 11.6 Å². The molecule has 0 heterocycles. The van der Waals surface area contributed by atoms with Crippen molar-refractivity contribution in [3.8, 4) is 16.9 Å². The number of halogens is 1. The van der Waals surface area contributed by atoms with Crippen molar-refractivity contribution < 1.29 is 5.11 Å². The minimum Gasteiger partial charge on any atom is -0.508 e. The summed E-state index contributed by atoms with van der Waals surface area (Å²) in [6, 6.07) is 15.8. The van der Waals surface area contributed by atoms with Crippen molar-refractivity contribution in [2.24, 2.45) is 5.92 Å². The van der Waals surface area contributed by atoms with Crippen LogP contribution in [0.2, 0.25) is 0 Å². The van der Waals surface area contributed by atoms with E-state index in [2.05, 4.69) is 19.1 Å². The Morgan fingerprint density at radius 1 is 1.11 bits per heavy atom. The SMILES string of the molecule is CC(CCl)Cc1cc(O)ccc1-c1ccccc1. The van der Waals surface area contributed by atoms with Crippen molar-refractivity contribution in [2.75, 3.05) is 5.88 Å². The number of alkyl halides is 1. The highest BCUT2D eigenvalue weighted by molar-refractivity contribution is 6.18. The normalized spacial score (nSPS) is 12.3. The van der Waals surface area contributed by atoms with Crippen LogP contribution in [0.5, 0.6) is 5.75 Å². The highest BCUT2D eigenvalue weighted by Crippen LogP contribution is 2.28. The lowest BCUT2D eigenvalue weighted by atomic mass is 9.93. The van der Waals surface area contributed by atoms with Crippen LogP contribution in [-0.2, 0) is 6.42 Å². The van der Waals surface area contributed by atoms with Gasteiger partial charge in [-0.15, -0.1) is 11.6 Å². The van der Waals surface area contributed by atoms with Gasteiger partial charge in [-0.3, -0.25) is 0 Å². The quantitative estimate of drug-likeness (QED) is 0.804. The maximum atomic E-state index is 9.64. The first kappa shape index (κ1) is 13.0. The number of aromatic hydroxyl groups is 1. The molecule has 94 valence electrons. The van der Waals surface area contributed by atoms with Crippen molar-refractivity contribution >= 4 is 11.6 Å². The molecule has 1 atom stereocenters. The molecule has 0 aliphatic heterocycles. The summed E-state index contributed by atoms with van der Waals surface area (Å²) in [6.07, 6.45) is 0.877. The highest BCUT2D eigenvalue weighted by atomic mass is 35.5. The molecule has 0 saturated carbocycles. The van der Waals surface area contributed by atoms with Crippen LogP contribution in [0, 0.1) is 5.92 Å². The number of benzene rings is 2. The maximum Gasteiger partial charge on any atom is 0.115 e. The lowest BCUT2D eigenvalue weighted by Gasteiger charge is -2.13. The number of phenols is 1. The molecule has 0 aliphatic carbocycles. The molecular weight excluding hydrogens is 244 g/mol. The second-order valence-corrected chi connectivity index (χ2v) is 4.98. The van der Waals surface area contributed by atoms with E-state index < -0.39 is 0 Å². The number of hydrogen-bond acceptors (Lipinski definition) is 1. The van der Waals surface area contributed by atoms with E-state index in [9.17, 15) is 5.11 Å². The first-order valence-corrected chi connectivity index (χ1v) is 6.67. The number of rotatable bonds is 4. The third kappa shape index (κ3) is 3.05. The van der Waals surface area contributed by atoms with Gasteiger partial charge < -0.3 is 5.11 Å². The van der Waals surface area contributed by atoms with E-state index >= 15 is 0 Å². The average molecular weight is 261 g/mol. The smallest absolute Gasteiger partial charge is 0.115 e. The number of hydrogen-bond donors (Lipinski definition) is 1. The van der Waals surface area contributed by atoms with Crippen molar-refractivity contribution in [2.45, 2.75) is 13.3 Å². The van der Waals surface area contributed by atoms with E-state index in [-0.39, 0.29) is 0 Å². The summed E-state index contributed by atoms with van der Waals surface area (Å²) in [7, 11) is 0. The molecule has 2 aromatic carbocycles. The largest absolute Gasteiger partial charge is 0.508 e. The third-order valence-corrected chi connectivity index (χ3v) is 3.53. The minimum atomic E-state index is 0.312. The Morgan fingerprint density at radius 2 is 1.83 bits per heavy atom. The molecule has 0 spiro atoms. The van der Waals surface area contributed by atoms with Crippen molar-refractivity contribution in [1.29, 1.82) is 0 Å². The van der Waals surface area contributed by atoms with Gasteiger partial charge >= 0.3 is 0 Å². The van der Waals surface area contributed by atoms with Gasteiger partial charge in [-0.05, 0) is 41.2 Å². The van der Waals surface area contributed by atoms with Crippen LogP contribution in [-0.4, -0.2) is 11.0 Å². The molecule has 0 amide bonds. The van der Waals surface area contributed by atoms with Crippen LogP contribution in [0.3, 0.4) is 0 Å². The number of phenolic OH excluding ortho intramolecular Hbond substituents is 1. The summed E-state index contributed by atoms with van der Waals surface area (Å²) in [5.41, 5.74) is 3.49. The Hall–Kier alpha value is -1.47. The Morgan fingerprint density at radius 3 is 2.50 bits per heavy atom. The fourth-order valence-corrected chi connectivity index (χ4v) is 2.19. The lowest BCUT2D eigenvalue weighted by Crippen LogP contribution is -2.02. The standard InChI is InChI=1S/C16H17ClO/c1-12(11-17)9-14-10-15(18)7-8-16(14)13-5-3-2-4-6-13/h2-8,10,12,18H,9,11H2,1H3. The van der Waals surface area contributed by atoms with Crippen molar-refractivity contribution in [1.82, 2.24) is 0 Å². The molecule has 1 N–H and O–H groups in total. The molecule has 0 aliphatic rings. The van der Waals surface area contributed by atoms with Gasteiger partial charge in [0.25, 0.3) is 0 Å². The van der Waals surface area contributed by atoms with Gasteiger partial charge in [0.2, 0.25) is 0 Å². The Labute approximate surface area is 113 Å². The minimum absolute atomic E-state index is 0.312. The Kier molecular flexibility index (Phi) is 4.27. The molecule has 0 bridgehead atoms. The van der Waals surface area contributed by atoms with Crippen LogP contribution in [0.1, 0.15) is 12.5 Å². The van der Waals surface area contributed by atoms with Gasteiger partial charge in [-0.25, -0.2) is 0 Å². The molecule has 0 fully saturated rings. The zero-order chi connectivity index (χ0) is 13.0. The average Bonchev–Trinajstić information content (AvgIpc) is 2.40.